The van der Waals surface area contributed by atoms with Crippen LogP contribution in [-0.4, -0.2) is 29.5 Å². The molecule has 78 valence electrons. The normalized spacial score (nSPS) is 20.0. The van der Waals surface area contributed by atoms with Gasteiger partial charge in [-0.05, 0) is 12.8 Å². The van der Waals surface area contributed by atoms with E-state index in [-0.39, 0.29) is 0 Å². The van der Waals surface area contributed by atoms with E-state index in [0.717, 1.165) is 32.1 Å². The molecule has 1 fully saturated rings. The summed E-state index contributed by atoms with van der Waals surface area (Å²) >= 11 is 0. The molecule has 1 saturated heterocycles. The lowest BCUT2D eigenvalue weighted by Crippen LogP contribution is -2.30. The second-order valence-corrected chi connectivity index (χ2v) is 3.17. The smallest absolute Gasteiger partial charge is 0.274 e. The Morgan fingerprint density at radius 3 is 3.07 bits per heavy atom. The van der Waals surface area contributed by atoms with Crippen LogP contribution in [0.2, 0.25) is 0 Å². The van der Waals surface area contributed by atoms with E-state index in [1.807, 2.05) is 4.90 Å². The van der Waals surface area contributed by atoms with E-state index in [1.165, 1.54) is 0 Å². The quantitative estimate of drug-likeness (QED) is 0.415. The van der Waals surface area contributed by atoms with Crippen LogP contribution in [0.25, 0.3) is 0 Å². The Hall–Kier alpha value is -1.52. The number of hydrogen-bond donors (Lipinski definition) is 1. The Balaban J connectivity index is 2.72. The molecule has 0 aromatic carbocycles. The fourth-order valence-corrected chi connectivity index (χ4v) is 1.45. The molecule has 0 bridgehead atoms. The predicted octanol–water partition coefficient (Wildman–Crippen LogP) is 0.933. The van der Waals surface area contributed by atoms with Crippen molar-refractivity contribution < 1.29 is 4.92 Å². The molecule has 1 rings (SSSR count). The topological polar surface area (TPSA) is 58.4 Å². The highest BCUT2D eigenvalue weighted by atomic mass is 16.6. The molecule has 5 nitrogen and oxygen atoms in total. The van der Waals surface area contributed by atoms with Gasteiger partial charge in [0, 0.05) is 19.6 Å². The highest BCUT2D eigenvalue weighted by Gasteiger charge is 2.14. The van der Waals surface area contributed by atoms with E-state index >= 15 is 0 Å². The van der Waals surface area contributed by atoms with Crippen LogP contribution in [0, 0.1) is 10.1 Å². The predicted molar refractivity (Wildman–Crippen MR) is 54.1 cm³/mol. The molecule has 0 radical (unpaired) electrons. The van der Waals surface area contributed by atoms with Gasteiger partial charge in [0.15, 0.2) is 5.82 Å². The lowest BCUT2D eigenvalue weighted by molar-refractivity contribution is -0.404. The van der Waals surface area contributed by atoms with Gasteiger partial charge < -0.3 is 10.2 Å². The summed E-state index contributed by atoms with van der Waals surface area (Å²) in [7, 11) is 0. The number of nitro groups is 1. The highest BCUT2D eigenvalue weighted by Crippen LogP contribution is 2.08. The van der Waals surface area contributed by atoms with Crippen LogP contribution in [0.15, 0.2) is 24.7 Å². The van der Waals surface area contributed by atoms with Crippen molar-refractivity contribution in [2.24, 2.45) is 0 Å². The Morgan fingerprint density at radius 2 is 2.43 bits per heavy atom. The van der Waals surface area contributed by atoms with Gasteiger partial charge in [-0.25, -0.2) is 0 Å². The van der Waals surface area contributed by atoms with Crippen molar-refractivity contribution in [1.29, 1.82) is 0 Å². The molecule has 1 aliphatic heterocycles. The van der Waals surface area contributed by atoms with E-state index in [0.29, 0.717) is 12.4 Å². The summed E-state index contributed by atoms with van der Waals surface area (Å²) < 4.78 is 0. The van der Waals surface area contributed by atoms with Crippen molar-refractivity contribution in [3.8, 4) is 0 Å². The molecule has 0 saturated carbocycles. The summed E-state index contributed by atoms with van der Waals surface area (Å²) in [4.78, 5) is 11.9. The number of nitrogens with zero attached hydrogens (tertiary/aromatic N) is 2. The third-order valence-electron chi connectivity index (χ3n) is 2.08. The maximum Gasteiger partial charge on any atom is 0.274 e. The molecule has 1 heterocycles. The largest absolute Gasteiger partial charge is 0.367 e. The Morgan fingerprint density at radius 1 is 1.64 bits per heavy atom. The summed E-state index contributed by atoms with van der Waals surface area (Å²) in [5.41, 5.74) is 0. The van der Waals surface area contributed by atoms with Crippen molar-refractivity contribution in [3.05, 3.63) is 34.8 Å². The molecular formula is C9H15N3O2. The number of rotatable bonds is 3. The molecular weight excluding hydrogens is 182 g/mol. The van der Waals surface area contributed by atoms with Crippen molar-refractivity contribution in [3.63, 3.8) is 0 Å². The van der Waals surface area contributed by atoms with Crippen LogP contribution in [0.5, 0.6) is 0 Å². The van der Waals surface area contributed by atoms with Gasteiger partial charge in [-0.2, -0.15) is 0 Å². The van der Waals surface area contributed by atoms with Crippen molar-refractivity contribution in [2.75, 3.05) is 19.6 Å². The van der Waals surface area contributed by atoms with Crippen LogP contribution in [-0.2, 0) is 0 Å². The third kappa shape index (κ3) is 3.08. The average Bonchev–Trinajstić information content (AvgIpc) is 2.32. The van der Waals surface area contributed by atoms with Gasteiger partial charge in [-0.3, -0.25) is 10.1 Å². The van der Waals surface area contributed by atoms with Gasteiger partial charge in [0.2, 0.25) is 0 Å². The average molecular weight is 197 g/mol. The first-order valence-corrected chi connectivity index (χ1v) is 4.69. The van der Waals surface area contributed by atoms with Crippen LogP contribution in [0.1, 0.15) is 12.8 Å². The fourth-order valence-electron chi connectivity index (χ4n) is 1.45. The second kappa shape index (κ2) is 5.26. The second-order valence-electron chi connectivity index (χ2n) is 3.17. The third-order valence-corrected chi connectivity index (χ3v) is 2.08. The minimum Gasteiger partial charge on any atom is -0.367 e. The van der Waals surface area contributed by atoms with Crippen LogP contribution in [0.3, 0.4) is 0 Å². The molecule has 0 unspecified atom stereocenters. The lowest BCUT2D eigenvalue weighted by atomic mass is 10.3. The zero-order valence-electron chi connectivity index (χ0n) is 8.11. The van der Waals surface area contributed by atoms with E-state index in [9.17, 15) is 10.1 Å². The molecule has 0 atom stereocenters. The highest BCUT2D eigenvalue weighted by molar-refractivity contribution is 4.98. The standard InChI is InChI=1S/C9H15N3O2/c1-2-6-11-7-4-3-5-10-9(11)8-12(13)14/h2,8,10H,1,3-7H2/b9-8-. The lowest BCUT2D eigenvalue weighted by Gasteiger charge is -2.21. The molecule has 1 N–H and O–H groups in total. The van der Waals surface area contributed by atoms with Crippen molar-refractivity contribution in [2.45, 2.75) is 12.8 Å². The maximum atomic E-state index is 10.4. The van der Waals surface area contributed by atoms with Gasteiger partial charge in [0.1, 0.15) is 0 Å². The first-order valence-electron chi connectivity index (χ1n) is 4.69. The summed E-state index contributed by atoms with van der Waals surface area (Å²) in [6.45, 7) is 5.92. The molecule has 1 aliphatic rings. The molecule has 0 aromatic rings. The van der Waals surface area contributed by atoms with Crippen LogP contribution < -0.4 is 5.32 Å². The van der Waals surface area contributed by atoms with Gasteiger partial charge >= 0.3 is 0 Å². The number of nitrogens with one attached hydrogen (secondary N) is 1. The molecule has 0 spiro atoms. The molecule has 5 heteroatoms. The monoisotopic (exact) mass is 197 g/mol. The van der Waals surface area contributed by atoms with Crippen molar-refractivity contribution in [1.82, 2.24) is 10.2 Å². The SMILES string of the molecule is C=CCN1CCCCN/C1=C/[N+](=O)[O-]. The zero-order chi connectivity index (χ0) is 10.4. The van der Waals surface area contributed by atoms with Gasteiger partial charge in [0.25, 0.3) is 6.20 Å². The molecule has 0 amide bonds. The van der Waals surface area contributed by atoms with Crippen LogP contribution in [0.4, 0.5) is 0 Å². The zero-order valence-corrected chi connectivity index (χ0v) is 8.11. The molecule has 0 aliphatic carbocycles. The Kier molecular flexibility index (Phi) is 3.97. The van der Waals surface area contributed by atoms with Crippen molar-refractivity contribution >= 4 is 0 Å². The maximum absolute atomic E-state index is 10.4. The minimum absolute atomic E-state index is 0.427. The van der Waals surface area contributed by atoms with Crippen LogP contribution >= 0.6 is 0 Å². The van der Waals surface area contributed by atoms with Gasteiger partial charge in [-0.15, -0.1) is 6.58 Å². The van der Waals surface area contributed by atoms with E-state index in [2.05, 4.69) is 11.9 Å². The number of hydrogen-bond acceptors (Lipinski definition) is 4. The fraction of sp³-hybridized carbons (Fsp3) is 0.556. The summed E-state index contributed by atoms with van der Waals surface area (Å²) in [6.07, 6.45) is 4.87. The molecule has 0 aromatic heterocycles. The Labute approximate surface area is 83.2 Å². The van der Waals surface area contributed by atoms with Gasteiger partial charge in [0.05, 0.1) is 4.92 Å². The molecule has 14 heavy (non-hydrogen) atoms. The first kappa shape index (κ1) is 10.6. The first-order chi connectivity index (χ1) is 6.74. The van der Waals surface area contributed by atoms with E-state index in [1.54, 1.807) is 6.08 Å². The minimum atomic E-state index is -0.427. The Bertz CT molecular complexity index is 250. The summed E-state index contributed by atoms with van der Waals surface area (Å²) in [6, 6.07) is 0. The van der Waals surface area contributed by atoms with Gasteiger partial charge in [-0.1, -0.05) is 6.08 Å². The summed E-state index contributed by atoms with van der Waals surface area (Å²) in [5.74, 6) is 0.590. The van der Waals surface area contributed by atoms with E-state index < -0.39 is 4.92 Å². The van der Waals surface area contributed by atoms with E-state index in [4.69, 9.17) is 0 Å². The summed E-state index contributed by atoms with van der Waals surface area (Å²) in [5, 5.41) is 13.4.